The molecule has 1 aromatic heterocycles. The van der Waals surface area contributed by atoms with E-state index in [2.05, 4.69) is 34.9 Å². The van der Waals surface area contributed by atoms with Crippen molar-refractivity contribution in [1.82, 2.24) is 9.78 Å². The molecular weight excluding hydrogens is 373 g/mol. The molecule has 0 spiro atoms. The van der Waals surface area contributed by atoms with Crippen molar-refractivity contribution in [1.29, 1.82) is 0 Å². The molecule has 2 rings (SSSR count). The Morgan fingerprint density at radius 1 is 1.29 bits per heavy atom. The van der Waals surface area contributed by atoms with E-state index in [1.54, 1.807) is 6.07 Å². The summed E-state index contributed by atoms with van der Waals surface area (Å²) < 4.78 is 3.06. The molecule has 6 heteroatoms. The molecule has 0 radical (unpaired) electrons. The van der Waals surface area contributed by atoms with Gasteiger partial charge in [-0.25, -0.2) is 0 Å². The number of benzene rings is 1. The van der Waals surface area contributed by atoms with Crippen molar-refractivity contribution >= 4 is 39.1 Å². The largest absolute Gasteiger partial charge is 0.324 e. The SMILES string of the molecule is CCc1nn(CC)c(CC(N)c2ccc(Cl)c(Cl)c2)c1Br. The van der Waals surface area contributed by atoms with Crippen molar-refractivity contribution in [2.45, 2.75) is 39.3 Å². The molecular formula is C15H18BrCl2N3. The fourth-order valence-corrected chi connectivity index (χ4v) is 3.31. The third kappa shape index (κ3) is 3.62. The van der Waals surface area contributed by atoms with Crippen molar-refractivity contribution in [3.63, 3.8) is 0 Å². The number of hydrogen-bond donors (Lipinski definition) is 1. The lowest BCUT2D eigenvalue weighted by Gasteiger charge is -2.14. The molecule has 1 heterocycles. The predicted octanol–water partition coefficient (Wildman–Crippen LogP) is 4.78. The number of hydrogen-bond acceptors (Lipinski definition) is 2. The van der Waals surface area contributed by atoms with Crippen LogP contribution < -0.4 is 5.73 Å². The lowest BCUT2D eigenvalue weighted by molar-refractivity contribution is 0.584. The van der Waals surface area contributed by atoms with Crippen LogP contribution in [0, 0.1) is 0 Å². The Balaban J connectivity index is 2.28. The fourth-order valence-electron chi connectivity index (χ4n) is 2.28. The summed E-state index contributed by atoms with van der Waals surface area (Å²) >= 11 is 15.7. The molecule has 0 bridgehead atoms. The Bertz CT molecular complexity index is 640. The van der Waals surface area contributed by atoms with Gasteiger partial charge in [-0.1, -0.05) is 36.2 Å². The minimum atomic E-state index is -0.150. The van der Waals surface area contributed by atoms with Crippen molar-refractivity contribution in [3.05, 3.63) is 49.7 Å². The van der Waals surface area contributed by atoms with E-state index in [-0.39, 0.29) is 6.04 Å². The van der Waals surface area contributed by atoms with Crippen LogP contribution in [-0.4, -0.2) is 9.78 Å². The van der Waals surface area contributed by atoms with Crippen LogP contribution in [0.2, 0.25) is 10.0 Å². The summed E-state index contributed by atoms with van der Waals surface area (Å²) in [6.07, 6.45) is 1.59. The molecule has 0 saturated carbocycles. The van der Waals surface area contributed by atoms with Crippen LogP contribution in [0.3, 0.4) is 0 Å². The number of halogens is 3. The second-order valence-corrected chi connectivity index (χ2v) is 6.47. The average Bonchev–Trinajstić information content (AvgIpc) is 2.78. The Labute approximate surface area is 143 Å². The van der Waals surface area contributed by atoms with Gasteiger partial charge >= 0.3 is 0 Å². The number of nitrogens with two attached hydrogens (primary N) is 1. The normalized spacial score (nSPS) is 12.7. The maximum atomic E-state index is 6.33. The zero-order chi connectivity index (χ0) is 15.6. The Morgan fingerprint density at radius 2 is 2.00 bits per heavy atom. The molecule has 1 atom stereocenters. The molecule has 2 N–H and O–H groups in total. The standard InChI is InChI=1S/C15H18BrCl2N3/c1-3-13-15(16)14(21(4-2)20-13)8-12(19)9-5-6-10(17)11(18)7-9/h5-7,12H,3-4,8,19H2,1-2H3. The number of nitrogens with zero attached hydrogens (tertiary/aromatic N) is 2. The zero-order valence-corrected chi connectivity index (χ0v) is 15.1. The molecule has 0 saturated heterocycles. The molecule has 1 aromatic carbocycles. The number of aryl methyl sites for hydroxylation is 2. The van der Waals surface area contributed by atoms with Crippen LogP contribution in [0.15, 0.2) is 22.7 Å². The smallest absolute Gasteiger partial charge is 0.0766 e. The van der Waals surface area contributed by atoms with Gasteiger partial charge in [-0.05, 0) is 47.0 Å². The van der Waals surface area contributed by atoms with Crippen molar-refractivity contribution in [2.75, 3.05) is 0 Å². The second-order valence-electron chi connectivity index (χ2n) is 4.86. The first kappa shape index (κ1) is 16.8. The summed E-state index contributed by atoms with van der Waals surface area (Å²) in [6, 6.07) is 5.38. The monoisotopic (exact) mass is 389 g/mol. The van der Waals surface area contributed by atoms with Gasteiger partial charge in [-0.2, -0.15) is 5.10 Å². The fraction of sp³-hybridized carbons (Fsp3) is 0.400. The molecule has 0 aliphatic rings. The van der Waals surface area contributed by atoms with Gasteiger partial charge in [0.25, 0.3) is 0 Å². The molecule has 2 aromatic rings. The van der Waals surface area contributed by atoms with Crippen LogP contribution in [-0.2, 0) is 19.4 Å². The van der Waals surface area contributed by atoms with Gasteiger partial charge in [0, 0.05) is 19.0 Å². The van der Waals surface area contributed by atoms with E-state index in [1.807, 2.05) is 16.8 Å². The highest BCUT2D eigenvalue weighted by atomic mass is 79.9. The van der Waals surface area contributed by atoms with Gasteiger partial charge in [0.15, 0.2) is 0 Å². The summed E-state index contributed by atoms with van der Waals surface area (Å²) in [6.45, 7) is 4.99. The van der Waals surface area contributed by atoms with Crippen LogP contribution in [0.25, 0.3) is 0 Å². The summed E-state index contributed by atoms with van der Waals surface area (Å²) in [5, 5.41) is 5.66. The molecule has 0 amide bonds. The highest BCUT2D eigenvalue weighted by molar-refractivity contribution is 9.10. The van der Waals surface area contributed by atoms with Gasteiger partial charge in [0.05, 0.1) is 25.9 Å². The average molecular weight is 391 g/mol. The molecule has 114 valence electrons. The van der Waals surface area contributed by atoms with Crippen LogP contribution in [0.4, 0.5) is 0 Å². The summed E-state index contributed by atoms with van der Waals surface area (Å²) in [7, 11) is 0. The maximum Gasteiger partial charge on any atom is 0.0766 e. The van der Waals surface area contributed by atoms with Gasteiger partial charge in [-0.3, -0.25) is 4.68 Å². The van der Waals surface area contributed by atoms with E-state index in [0.717, 1.165) is 34.4 Å². The summed E-state index contributed by atoms with van der Waals surface area (Å²) in [5.74, 6) is 0. The van der Waals surface area contributed by atoms with E-state index in [4.69, 9.17) is 28.9 Å². The Kier molecular flexibility index (Phi) is 5.72. The lowest BCUT2D eigenvalue weighted by atomic mass is 10.0. The highest BCUT2D eigenvalue weighted by Crippen LogP contribution is 2.29. The van der Waals surface area contributed by atoms with E-state index in [1.165, 1.54) is 0 Å². The van der Waals surface area contributed by atoms with Crippen LogP contribution >= 0.6 is 39.1 Å². The summed E-state index contributed by atoms with van der Waals surface area (Å²) in [5.41, 5.74) is 9.48. The molecule has 1 unspecified atom stereocenters. The van der Waals surface area contributed by atoms with Crippen molar-refractivity contribution < 1.29 is 0 Å². The van der Waals surface area contributed by atoms with E-state index < -0.39 is 0 Å². The van der Waals surface area contributed by atoms with Gasteiger partial charge < -0.3 is 5.73 Å². The zero-order valence-electron chi connectivity index (χ0n) is 12.0. The minimum absolute atomic E-state index is 0.150. The van der Waals surface area contributed by atoms with E-state index in [9.17, 15) is 0 Å². The van der Waals surface area contributed by atoms with Crippen LogP contribution in [0.1, 0.15) is 36.8 Å². The first-order valence-electron chi connectivity index (χ1n) is 6.92. The maximum absolute atomic E-state index is 6.33. The Morgan fingerprint density at radius 3 is 2.57 bits per heavy atom. The molecule has 21 heavy (non-hydrogen) atoms. The number of aromatic nitrogens is 2. The van der Waals surface area contributed by atoms with E-state index >= 15 is 0 Å². The van der Waals surface area contributed by atoms with Crippen molar-refractivity contribution in [3.8, 4) is 0 Å². The highest BCUT2D eigenvalue weighted by Gasteiger charge is 2.18. The minimum Gasteiger partial charge on any atom is -0.324 e. The first-order valence-corrected chi connectivity index (χ1v) is 8.47. The number of rotatable bonds is 5. The molecule has 0 aliphatic heterocycles. The van der Waals surface area contributed by atoms with Crippen molar-refractivity contribution in [2.24, 2.45) is 5.73 Å². The predicted molar refractivity (Wildman–Crippen MR) is 92.1 cm³/mol. The third-order valence-corrected chi connectivity index (χ3v) is 5.13. The van der Waals surface area contributed by atoms with Gasteiger partial charge in [-0.15, -0.1) is 0 Å². The van der Waals surface area contributed by atoms with Crippen LogP contribution in [0.5, 0.6) is 0 Å². The summed E-state index contributed by atoms with van der Waals surface area (Å²) in [4.78, 5) is 0. The van der Waals surface area contributed by atoms with Gasteiger partial charge in [0.2, 0.25) is 0 Å². The van der Waals surface area contributed by atoms with E-state index in [0.29, 0.717) is 16.5 Å². The molecule has 3 nitrogen and oxygen atoms in total. The molecule has 0 fully saturated rings. The second kappa shape index (κ2) is 7.14. The topological polar surface area (TPSA) is 43.8 Å². The quantitative estimate of drug-likeness (QED) is 0.798. The third-order valence-electron chi connectivity index (χ3n) is 3.48. The van der Waals surface area contributed by atoms with Gasteiger partial charge in [0.1, 0.15) is 0 Å². The molecule has 0 aliphatic carbocycles. The lowest BCUT2D eigenvalue weighted by Crippen LogP contribution is -2.16. The Hall–Kier alpha value is -0.550. The first-order chi connectivity index (χ1) is 9.97.